The molecule has 2 heterocycles. The van der Waals surface area contributed by atoms with Crippen LogP contribution >= 0.6 is 11.6 Å². The molecule has 1 fully saturated rings. The van der Waals surface area contributed by atoms with Crippen molar-refractivity contribution in [2.75, 3.05) is 18.0 Å². The van der Waals surface area contributed by atoms with Crippen LogP contribution in [-0.2, 0) is 0 Å². The van der Waals surface area contributed by atoms with Crippen LogP contribution in [0.15, 0.2) is 0 Å². The Bertz CT molecular complexity index is 437. The van der Waals surface area contributed by atoms with Crippen LogP contribution in [0.2, 0.25) is 5.15 Å². The van der Waals surface area contributed by atoms with Gasteiger partial charge in [-0.25, -0.2) is 9.97 Å². The normalized spacial score (nSPS) is 17.3. The lowest BCUT2D eigenvalue weighted by Gasteiger charge is -2.33. The Morgan fingerprint density at radius 2 is 1.89 bits per heavy atom. The van der Waals surface area contributed by atoms with E-state index < -0.39 is 0 Å². The standard InChI is InChI=1S/C15H24ClN3/c1-5-12-6-8-19(9-7-12)15-11(4)13(16)17-14(18-15)10(2)3/h10,12H,5-9H2,1-4H3. The minimum absolute atomic E-state index is 0.310. The molecule has 1 aliphatic rings. The predicted octanol–water partition coefficient (Wildman–Crippen LogP) is 4.19. The van der Waals surface area contributed by atoms with E-state index in [1.165, 1.54) is 19.3 Å². The van der Waals surface area contributed by atoms with Crippen LogP contribution in [0.4, 0.5) is 5.82 Å². The van der Waals surface area contributed by atoms with E-state index in [9.17, 15) is 0 Å². The van der Waals surface area contributed by atoms with Crippen molar-refractivity contribution in [3.05, 3.63) is 16.5 Å². The molecule has 0 radical (unpaired) electrons. The zero-order valence-electron chi connectivity index (χ0n) is 12.4. The molecule has 106 valence electrons. The molecule has 0 aliphatic carbocycles. The van der Waals surface area contributed by atoms with Crippen molar-refractivity contribution in [1.29, 1.82) is 0 Å². The van der Waals surface area contributed by atoms with Crippen molar-refractivity contribution < 1.29 is 0 Å². The molecule has 0 saturated carbocycles. The van der Waals surface area contributed by atoms with Crippen LogP contribution in [0.1, 0.15) is 57.3 Å². The lowest BCUT2D eigenvalue weighted by atomic mass is 9.94. The maximum atomic E-state index is 6.26. The van der Waals surface area contributed by atoms with Crippen LogP contribution in [0.5, 0.6) is 0 Å². The molecule has 0 spiro atoms. The molecule has 1 saturated heterocycles. The molecule has 19 heavy (non-hydrogen) atoms. The molecule has 1 aromatic heterocycles. The van der Waals surface area contributed by atoms with E-state index in [1.54, 1.807) is 0 Å². The summed E-state index contributed by atoms with van der Waals surface area (Å²) in [6.45, 7) is 10.7. The smallest absolute Gasteiger partial charge is 0.137 e. The fourth-order valence-corrected chi connectivity index (χ4v) is 2.78. The Morgan fingerprint density at radius 1 is 1.26 bits per heavy atom. The van der Waals surface area contributed by atoms with Crippen LogP contribution in [-0.4, -0.2) is 23.1 Å². The monoisotopic (exact) mass is 281 g/mol. The summed E-state index contributed by atoms with van der Waals surface area (Å²) in [5, 5.41) is 0.603. The fraction of sp³-hybridized carbons (Fsp3) is 0.733. The maximum absolute atomic E-state index is 6.26. The highest BCUT2D eigenvalue weighted by Gasteiger charge is 2.22. The largest absolute Gasteiger partial charge is 0.356 e. The van der Waals surface area contributed by atoms with Gasteiger partial charge in [0.25, 0.3) is 0 Å². The van der Waals surface area contributed by atoms with Crippen molar-refractivity contribution >= 4 is 17.4 Å². The molecule has 0 amide bonds. The number of anilines is 1. The Kier molecular flexibility index (Phi) is 4.67. The minimum atomic E-state index is 0.310. The van der Waals surface area contributed by atoms with Gasteiger partial charge >= 0.3 is 0 Å². The number of aromatic nitrogens is 2. The molecule has 0 unspecified atom stereocenters. The second-order valence-corrected chi connectivity index (χ2v) is 6.17. The molecule has 1 aliphatic heterocycles. The van der Waals surface area contributed by atoms with E-state index in [1.807, 2.05) is 6.92 Å². The number of rotatable bonds is 3. The summed E-state index contributed by atoms with van der Waals surface area (Å²) in [5.74, 6) is 3.07. The third kappa shape index (κ3) is 3.19. The average molecular weight is 282 g/mol. The highest BCUT2D eigenvalue weighted by atomic mass is 35.5. The van der Waals surface area contributed by atoms with Gasteiger partial charge in [0.2, 0.25) is 0 Å². The van der Waals surface area contributed by atoms with E-state index in [-0.39, 0.29) is 0 Å². The molecular formula is C15H24ClN3. The zero-order chi connectivity index (χ0) is 14.0. The summed E-state index contributed by atoms with van der Waals surface area (Å²) in [6.07, 6.45) is 3.80. The molecule has 0 aromatic carbocycles. The first-order valence-corrected chi connectivity index (χ1v) is 7.69. The lowest BCUT2D eigenvalue weighted by molar-refractivity contribution is 0.393. The number of hydrogen-bond acceptors (Lipinski definition) is 3. The number of halogens is 1. The van der Waals surface area contributed by atoms with Gasteiger partial charge < -0.3 is 4.90 Å². The van der Waals surface area contributed by atoms with Gasteiger partial charge in [-0.3, -0.25) is 0 Å². The summed E-state index contributed by atoms with van der Waals surface area (Å²) in [5.41, 5.74) is 1.01. The van der Waals surface area contributed by atoms with E-state index in [4.69, 9.17) is 16.6 Å². The third-order valence-corrected chi connectivity index (χ3v) is 4.45. The second-order valence-electron chi connectivity index (χ2n) is 5.81. The summed E-state index contributed by atoms with van der Waals surface area (Å²) in [4.78, 5) is 11.5. The number of piperidine rings is 1. The third-order valence-electron chi connectivity index (χ3n) is 4.09. The van der Waals surface area contributed by atoms with Gasteiger partial charge in [0.1, 0.15) is 16.8 Å². The quantitative estimate of drug-likeness (QED) is 0.778. The van der Waals surface area contributed by atoms with E-state index >= 15 is 0 Å². The molecule has 0 bridgehead atoms. The second kappa shape index (κ2) is 6.08. The predicted molar refractivity (Wildman–Crippen MR) is 81.1 cm³/mol. The number of nitrogens with zero attached hydrogens (tertiary/aromatic N) is 3. The highest BCUT2D eigenvalue weighted by molar-refractivity contribution is 6.30. The van der Waals surface area contributed by atoms with Crippen molar-refractivity contribution in [2.24, 2.45) is 5.92 Å². The van der Waals surface area contributed by atoms with Crippen molar-refractivity contribution in [3.8, 4) is 0 Å². The lowest BCUT2D eigenvalue weighted by Crippen LogP contribution is -2.35. The summed E-state index contributed by atoms with van der Waals surface area (Å²) in [6, 6.07) is 0. The average Bonchev–Trinajstić information content (AvgIpc) is 2.41. The Hall–Kier alpha value is -0.830. The molecule has 4 heteroatoms. The van der Waals surface area contributed by atoms with Gasteiger partial charge in [-0.05, 0) is 25.7 Å². The van der Waals surface area contributed by atoms with Gasteiger partial charge in [0, 0.05) is 24.6 Å². The molecule has 3 nitrogen and oxygen atoms in total. The molecule has 2 rings (SSSR count). The molecule has 1 aromatic rings. The molecule has 0 N–H and O–H groups in total. The molecule has 0 atom stereocenters. The summed E-state index contributed by atoms with van der Waals surface area (Å²) < 4.78 is 0. The Balaban J connectivity index is 2.24. The van der Waals surface area contributed by atoms with Gasteiger partial charge in [0.15, 0.2) is 0 Å². The Morgan fingerprint density at radius 3 is 2.42 bits per heavy atom. The topological polar surface area (TPSA) is 29.0 Å². The highest BCUT2D eigenvalue weighted by Crippen LogP contribution is 2.29. The molecular weight excluding hydrogens is 258 g/mol. The first-order valence-electron chi connectivity index (χ1n) is 7.31. The zero-order valence-corrected chi connectivity index (χ0v) is 13.2. The van der Waals surface area contributed by atoms with Crippen molar-refractivity contribution in [2.45, 2.75) is 52.9 Å². The van der Waals surface area contributed by atoms with Crippen LogP contribution < -0.4 is 4.90 Å². The van der Waals surface area contributed by atoms with Crippen LogP contribution in [0.3, 0.4) is 0 Å². The van der Waals surface area contributed by atoms with E-state index in [2.05, 4.69) is 30.7 Å². The van der Waals surface area contributed by atoms with Gasteiger partial charge in [0.05, 0.1) is 0 Å². The first kappa shape index (κ1) is 14.6. The van der Waals surface area contributed by atoms with E-state index in [0.717, 1.165) is 36.2 Å². The van der Waals surface area contributed by atoms with E-state index in [0.29, 0.717) is 11.1 Å². The Labute approximate surface area is 121 Å². The summed E-state index contributed by atoms with van der Waals surface area (Å²) >= 11 is 6.26. The minimum Gasteiger partial charge on any atom is -0.356 e. The van der Waals surface area contributed by atoms with Gasteiger partial charge in [-0.2, -0.15) is 0 Å². The fourth-order valence-electron chi connectivity index (χ4n) is 2.61. The number of hydrogen-bond donors (Lipinski definition) is 0. The van der Waals surface area contributed by atoms with Crippen molar-refractivity contribution in [1.82, 2.24) is 9.97 Å². The van der Waals surface area contributed by atoms with Gasteiger partial charge in [-0.1, -0.05) is 38.8 Å². The SMILES string of the molecule is CCC1CCN(c2nc(C(C)C)nc(Cl)c2C)CC1. The van der Waals surface area contributed by atoms with Crippen LogP contribution in [0.25, 0.3) is 0 Å². The first-order chi connectivity index (χ1) is 9.02. The van der Waals surface area contributed by atoms with Crippen LogP contribution in [0, 0.1) is 12.8 Å². The van der Waals surface area contributed by atoms with Crippen molar-refractivity contribution in [3.63, 3.8) is 0 Å². The maximum Gasteiger partial charge on any atom is 0.137 e. The summed E-state index contributed by atoms with van der Waals surface area (Å²) in [7, 11) is 0. The van der Waals surface area contributed by atoms with Gasteiger partial charge in [-0.15, -0.1) is 0 Å².